The molecule has 1 aliphatic heterocycles. The van der Waals surface area contributed by atoms with Crippen LogP contribution < -0.4 is 5.32 Å². The molecule has 0 bridgehead atoms. The molecule has 1 aromatic carbocycles. The van der Waals surface area contributed by atoms with Gasteiger partial charge in [-0.25, -0.2) is 13.2 Å². The SMILES string of the molecule is COC(=O)c1cccc(NC(=O)CN(C(C)=O)C2CCS(=O)(=O)C2)c1. The van der Waals surface area contributed by atoms with Crippen molar-refractivity contribution in [3.05, 3.63) is 29.8 Å². The van der Waals surface area contributed by atoms with E-state index in [4.69, 9.17) is 0 Å². The molecule has 1 fully saturated rings. The van der Waals surface area contributed by atoms with E-state index < -0.39 is 27.8 Å². The van der Waals surface area contributed by atoms with Gasteiger partial charge in [-0.3, -0.25) is 9.59 Å². The Bertz CT molecular complexity index is 790. The molecule has 0 saturated carbocycles. The lowest BCUT2D eigenvalue weighted by Gasteiger charge is -2.26. The summed E-state index contributed by atoms with van der Waals surface area (Å²) < 4.78 is 27.8. The third-order valence-corrected chi connectivity index (χ3v) is 5.69. The van der Waals surface area contributed by atoms with E-state index in [0.29, 0.717) is 12.1 Å². The minimum atomic E-state index is -3.16. The number of benzene rings is 1. The van der Waals surface area contributed by atoms with Gasteiger partial charge in [0.15, 0.2) is 9.84 Å². The van der Waals surface area contributed by atoms with Crippen LogP contribution in [0.4, 0.5) is 5.69 Å². The molecule has 9 heteroatoms. The predicted octanol–water partition coefficient (Wildman–Crippen LogP) is 0.447. The molecule has 0 aliphatic carbocycles. The van der Waals surface area contributed by atoms with Crippen molar-refractivity contribution in [2.45, 2.75) is 19.4 Å². The summed E-state index contributed by atoms with van der Waals surface area (Å²) in [6, 6.07) is 5.71. The van der Waals surface area contributed by atoms with E-state index in [9.17, 15) is 22.8 Å². The Morgan fingerprint density at radius 1 is 1.32 bits per heavy atom. The number of sulfone groups is 1. The van der Waals surface area contributed by atoms with Crippen LogP contribution in [-0.4, -0.2) is 62.3 Å². The summed E-state index contributed by atoms with van der Waals surface area (Å²) in [6.45, 7) is 1.05. The fourth-order valence-corrected chi connectivity index (χ4v) is 4.45. The van der Waals surface area contributed by atoms with Crippen molar-refractivity contribution in [3.8, 4) is 0 Å². The van der Waals surface area contributed by atoms with Crippen LogP contribution in [0.3, 0.4) is 0 Å². The first-order valence-electron chi connectivity index (χ1n) is 7.67. The number of rotatable bonds is 5. The van der Waals surface area contributed by atoms with Gasteiger partial charge in [0, 0.05) is 18.7 Å². The van der Waals surface area contributed by atoms with E-state index in [1.54, 1.807) is 18.2 Å². The van der Waals surface area contributed by atoms with Gasteiger partial charge >= 0.3 is 5.97 Å². The van der Waals surface area contributed by atoms with Gasteiger partial charge in [-0.15, -0.1) is 0 Å². The van der Waals surface area contributed by atoms with Crippen LogP contribution >= 0.6 is 0 Å². The zero-order chi connectivity index (χ0) is 18.6. The van der Waals surface area contributed by atoms with Crippen LogP contribution in [0.25, 0.3) is 0 Å². The molecular weight excluding hydrogens is 348 g/mol. The lowest BCUT2D eigenvalue weighted by Crippen LogP contribution is -2.44. The maximum absolute atomic E-state index is 12.2. The van der Waals surface area contributed by atoms with Gasteiger partial charge in [0.25, 0.3) is 0 Å². The molecule has 1 saturated heterocycles. The first kappa shape index (κ1) is 18.9. The van der Waals surface area contributed by atoms with E-state index in [-0.39, 0.29) is 29.5 Å². The maximum atomic E-state index is 12.2. The van der Waals surface area contributed by atoms with Gasteiger partial charge in [0.1, 0.15) is 6.54 Å². The fourth-order valence-electron chi connectivity index (χ4n) is 2.72. The standard InChI is InChI=1S/C16H20N2O6S/c1-11(19)18(14-6-7-25(22,23)10-14)9-15(20)17-13-5-3-4-12(8-13)16(21)24-2/h3-5,8,14H,6-7,9-10H2,1-2H3,(H,17,20). The van der Waals surface area contributed by atoms with E-state index >= 15 is 0 Å². The Labute approximate surface area is 146 Å². The quantitative estimate of drug-likeness (QED) is 0.756. The minimum absolute atomic E-state index is 0.0181. The topological polar surface area (TPSA) is 110 Å². The third-order valence-electron chi connectivity index (χ3n) is 3.94. The number of carbonyl (C=O) groups is 3. The van der Waals surface area contributed by atoms with E-state index in [2.05, 4.69) is 10.1 Å². The Balaban J connectivity index is 2.05. The second-order valence-corrected chi connectivity index (χ2v) is 8.05. The third kappa shape index (κ3) is 5.02. The van der Waals surface area contributed by atoms with Crippen molar-refractivity contribution in [3.63, 3.8) is 0 Å². The summed E-state index contributed by atoms with van der Waals surface area (Å²) in [5.74, 6) is -1.47. The van der Waals surface area contributed by atoms with Gasteiger partial charge in [0.2, 0.25) is 11.8 Å². The fraction of sp³-hybridized carbons (Fsp3) is 0.438. The Hall–Kier alpha value is -2.42. The number of carbonyl (C=O) groups excluding carboxylic acids is 3. The summed E-state index contributed by atoms with van der Waals surface area (Å²) in [7, 11) is -1.91. The average molecular weight is 368 g/mol. The van der Waals surface area contributed by atoms with Crippen molar-refractivity contribution in [2.75, 3.05) is 30.5 Å². The second-order valence-electron chi connectivity index (χ2n) is 5.82. The number of nitrogens with zero attached hydrogens (tertiary/aromatic N) is 1. The molecule has 2 rings (SSSR count). The van der Waals surface area contributed by atoms with Crippen molar-refractivity contribution in [1.82, 2.24) is 4.90 Å². The molecule has 1 N–H and O–H groups in total. The van der Waals surface area contributed by atoms with Crippen molar-refractivity contribution in [2.24, 2.45) is 0 Å². The second kappa shape index (κ2) is 7.64. The molecule has 1 heterocycles. The molecule has 1 aromatic rings. The number of esters is 1. The van der Waals surface area contributed by atoms with Crippen LogP contribution in [0.5, 0.6) is 0 Å². The molecule has 136 valence electrons. The summed E-state index contributed by atoms with van der Waals surface area (Å²) >= 11 is 0. The normalized spacial score (nSPS) is 18.4. The van der Waals surface area contributed by atoms with Crippen LogP contribution in [-0.2, 0) is 24.2 Å². The average Bonchev–Trinajstić information content (AvgIpc) is 2.91. The highest BCUT2D eigenvalue weighted by Crippen LogP contribution is 2.18. The van der Waals surface area contributed by atoms with Gasteiger partial charge in [-0.2, -0.15) is 0 Å². The summed E-state index contributed by atoms with van der Waals surface area (Å²) in [6.07, 6.45) is 0.326. The van der Waals surface area contributed by atoms with Crippen molar-refractivity contribution in [1.29, 1.82) is 0 Å². The molecule has 0 spiro atoms. The highest BCUT2D eigenvalue weighted by molar-refractivity contribution is 7.91. The highest BCUT2D eigenvalue weighted by Gasteiger charge is 2.34. The lowest BCUT2D eigenvalue weighted by atomic mass is 10.2. The number of anilines is 1. The lowest BCUT2D eigenvalue weighted by molar-refractivity contribution is -0.134. The van der Waals surface area contributed by atoms with Crippen LogP contribution in [0.2, 0.25) is 0 Å². The molecule has 1 unspecified atom stereocenters. The maximum Gasteiger partial charge on any atom is 0.337 e. The number of hydrogen-bond donors (Lipinski definition) is 1. The van der Waals surface area contributed by atoms with Crippen molar-refractivity contribution >= 4 is 33.3 Å². The Morgan fingerprint density at radius 2 is 2.04 bits per heavy atom. The predicted molar refractivity (Wildman–Crippen MR) is 90.9 cm³/mol. The number of methoxy groups -OCH3 is 1. The van der Waals surface area contributed by atoms with Crippen molar-refractivity contribution < 1.29 is 27.5 Å². The summed E-state index contributed by atoms with van der Waals surface area (Å²) in [4.78, 5) is 36.8. The van der Waals surface area contributed by atoms with Crippen LogP contribution in [0.15, 0.2) is 24.3 Å². The highest BCUT2D eigenvalue weighted by atomic mass is 32.2. The monoisotopic (exact) mass is 368 g/mol. The smallest absolute Gasteiger partial charge is 0.337 e. The minimum Gasteiger partial charge on any atom is -0.465 e. The molecule has 0 aromatic heterocycles. The molecule has 25 heavy (non-hydrogen) atoms. The van der Waals surface area contributed by atoms with Gasteiger partial charge in [-0.1, -0.05) is 6.07 Å². The van der Waals surface area contributed by atoms with Gasteiger partial charge in [0.05, 0.1) is 24.2 Å². The first-order chi connectivity index (χ1) is 11.7. The Morgan fingerprint density at radius 3 is 2.60 bits per heavy atom. The van der Waals surface area contributed by atoms with Crippen LogP contribution in [0, 0.1) is 0 Å². The van der Waals surface area contributed by atoms with Gasteiger partial charge in [-0.05, 0) is 24.6 Å². The molecule has 2 amide bonds. The van der Waals surface area contributed by atoms with Gasteiger partial charge < -0.3 is 15.0 Å². The Kier molecular flexibility index (Phi) is 5.78. The molecule has 0 radical (unpaired) electrons. The van der Waals surface area contributed by atoms with E-state index in [1.165, 1.54) is 25.0 Å². The molecule has 1 atom stereocenters. The molecular formula is C16H20N2O6S. The summed E-state index contributed by atoms with van der Waals surface area (Å²) in [5, 5.41) is 2.60. The largest absolute Gasteiger partial charge is 0.465 e. The zero-order valence-corrected chi connectivity index (χ0v) is 14.8. The van der Waals surface area contributed by atoms with E-state index in [0.717, 1.165) is 0 Å². The van der Waals surface area contributed by atoms with E-state index in [1.807, 2.05) is 0 Å². The molecule has 8 nitrogen and oxygen atoms in total. The zero-order valence-electron chi connectivity index (χ0n) is 14.0. The molecule has 1 aliphatic rings. The number of amides is 2. The number of ether oxygens (including phenoxy) is 1. The summed E-state index contributed by atoms with van der Waals surface area (Å²) in [5.41, 5.74) is 0.668. The first-order valence-corrected chi connectivity index (χ1v) is 9.50. The number of nitrogens with one attached hydrogen (secondary N) is 1. The number of hydrogen-bond acceptors (Lipinski definition) is 6. The van der Waals surface area contributed by atoms with Crippen LogP contribution in [0.1, 0.15) is 23.7 Å².